The van der Waals surface area contributed by atoms with Crippen LogP contribution in [0.2, 0.25) is 0 Å². The molecular formula is C54H26F3N7. The third kappa shape index (κ3) is 6.09. The molecule has 0 N–H and O–H groups in total. The van der Waals surface area contributed by atoms with Crippen LogP contribution >= 0.6 is 0 Å². The summed E-state index contributed by atoms with van der Waals surface area (Å²) in [4.78, 5) is 0. The molecule has 298 valence electrons. The number of nitrogens with zero attached hydrogens (tertiary/aromatic N) is 7. The molecule has 0 aliphatic heterocycles. The molecule has 0 atom stereocenters. The number of alkyl halides is 3. The van der Waals surface area contributed by atoms with Gasteiger partial charge in [0.25, 0.3) is 0 Å². The molecule has 0 spiro atoms. The first kappa shape index (κ1) is 38.8. The minimum atomic E-state index is -4.95. The Bertz CT molecular complexity index is 3850. The van der Waals surface area contributed by atoms with Crippen LogP contribution in [0.4, 0.5) is 13.2 Å². The van der Waals surface area contributed by atoms with Crippen molar-refractivity contribution in [3.8, 4) is 75.1 Å². The number of hydrogen-bond acceptors (Lipinski definition) is 5. The minimum absolute atomic E-state index is 0.128. The maximum atomic E-state index is 16.6. The standard InChI is InChI=1S/C54H26F3N7/c55-54(56,57)52-51(63-47-10-3-1-8-43(47)45-25-36(14-19-49(45)63)40-16-12-33(28-59)23-38(40)30-61)21-18-42(35-7-5-6-32(22-35)27-58)53(52)64-48-11-4-2-9-44(48)46-26-37(15-20-50(46)64)41-17-13-34(29-60)24-39(41)31-62/h1-26H. The number of aromatic nitrogens is 2. The molecular weight excluding hydrogens is 804 g/mol. The van der Waals surface area contributed by atoms with Gasteiger partial charge in [0.1, 0.15) is 5.56 Å². The molecule has 10 rings (SSSR count). The quantitative estimate of drug-likeness (QED) is 0.171. The summed E-state index contributed by atoms with van der Waals surface area (Å²) in [7, 11) is 0. The van der Waals surface area contributed by atoms with Gasteiger partial charge in [0.05, 0.1) is 91.6 Å². The van der Waals surface area contributed by atoms with Crippen molar-refractivity contribution in [2.24, 2.45) is 0 Å². The van der Waals surface area contributed by atoms with E-state index in [4.69, 9.17) is 0 Å². The first-order chi connectivity index (χ1) is 31.1. The van der Waals surface area contributed by atoms with Gasteiger partial charge in [0.15, 0.2) is 0 Å². The van der Waals surface area contributed by atoms with Crippen LogP contribution in [0.25, 0.3) is 88.4 Å². The summed E-state index contributed by atoms with van der Waals surface area (Å²) in [5.74, 6) is 0. The molecule has 0 fully saturated rings. The smallest absolute Gasteiger partial charge is 0.309 e. The van der Waals surface area contributed by atoms with Crippen LogP contribution in [-0.4, -0.2) is 9.13 Å². The third-order valence-corrected chi connectivity index (χ3v) is 11.7. The molecule has 0 saturated heterocycles. The first-order valence-electron chi connectivity index (χ1n) is 19.9. The van der Waals surface area contributed by atoms with E-state index in [1.54, 1.807) is 112 Å². The van der Waals surface area contributed by atoms with E-state index >= 15 is 13.2 Å². The third-order valence-electron chi connectivity index (χ3n) is 11.7. The highest BCUT2D eigenvalue weighted by molar-refractivity contribution is 6.13. The highest BCUT2D eigenvalue weighted by atomic mass is 19.4. The van der Waals surface area contributed by atoms with Crippen molar-refractivity contribution in [1.29, 1.82) is 26.3 Å². The van der Waals surface area contributed by atoms with Crippen LogP contribution in [0.1, 0.15) is 33.4 Å². The molecule has 0 radical (unpaired) electrons. The van der Waals surface area contributed by atoms with Crippen LogP contribution in [0, 0.1) is 56.7 Å². The SMILES string of the molecule is N#Cc1cccc(-c2ccc(-n3c4ccccc4c4cc(-c5ccc(C#N)cc5C#N)ccc43)c(C(F)(F)F)c2-n2c3ccccc3c3cc(-c4ccc(C#N)cc4C#N)ccc32)c1. The fraction of sp³-hybridized carbons (Fsp3) is 0.0185. The number of benzene rings is 8. The van der Waals surface area contributed by atoms with Crippen molar-refractivity contribution in [2.45, 2.75) is 6.18 Å². The summed E-state index contributed by atoms with van der Waals surface area (Å²) in [5, 5.41) is 51.6. The zero-order chi connectivity index (χ0) is 44.3. The summed E-state index contributed by atoms with van der Waals surface area (Å²) < 4.78 is 53.1. The number of hydrogen-bond donors (Lipinski definition) is 0. The van der Waals surface area contributed by atoms with E-state index in [1.807, 2.05) is 36.4 Å². The predicted molar refractivity (Wildman–Crippen MR) is 240 cm³/mol. The van der Waals surface area contributed by atoms with Crippen LogP contribution in [0.3, 0.4) is 0 Å². The zero-order valence-electron chi connectivity index (χ0n) is 33.3. The molecule has 0 bridgehead atoms. The van der Waals surface area contributed by atoms with Gasteiger partial charge in [-0.25, -0.2) is 0 Å². The molecule has 0 aliphatic rings. The summed E-state index contributed by atoms with van der Waals surface area (Å²) in [6.45, 7) is 0. The van der Waals surface area contributed by atoms with Gasteiger partial charge in [-0.15, -0.1) is 0 Å². The monoisotopic (exact) mass is 829 g/mol. The minimum Gasteiger partial charge on any atom is -0.309 e. The fourth-order valence-electron chi connectivity index (χ4n) is 8.97. The summed E-state index contributed by atoms with van der Waals surface area (Å²) in [6.07, 6.45) is -4.95. The second-order valence-electron chi connectivity index (χ2n) is 15.2. The van der Waals surface area contributed by atoms with Crippen molar-refractivity contribution in [3.05, 3.63) is 191 Å². The van der Waals surface area contributed by atoms with Crippen LogP contribution < -0.4 is 0 Å². The molecule has 0 unspecified atom stereocenters. The van der Waals surface area contributed by atoms with Crippen LogP contribution in [0.5, 0.6) is 0 Å². The van der Waals surface area contributed by atoms with Gasteiger partial charge in [-0.2, -0.15) is 39.5 Å². The normalized spacial score (nSPS) is 11.3. The Morgan fingerprint density at radius 3 is 1.38 bits per heavy atom. The van der Waals surface area contributed by atoms with Crippen molar-refractivity contribution in [2.75, 3.05) is 0 Å². The van der Waals surface area contributed by atoms with Crippen molar-refractivity contribution < 1.29 is 13.2 Å². The number of para-hydroxylation sites is 2. The van der Waals surface area contributed by atoms with Crippen LogP contribution in [-0.2, 0) is 6.18 Å². The van der Waals surface area contributed by atoms with Crippen LogP contribution in [0.15, 0.2) is 158 Å². The Hall–Kier alpha value is -9.40. The second-order valence-corrected chi connectivity index (χ2v) is 15.2. The van der Waals surface area contributed by atoms with Gasteiger partial charge in [-0.3, -0.25) is 0 Å². The van der Waals surface area contributed by atoms with Gasteiger partial charge in [0.2, 0.25) is 0 Å². The molecule has 8 aromatic carbocycles. The Morgan fingerprint density at radius 1 is 0.375 bits per heavy atom. The lowest BCUT2D eigenvalue weighted by Gasteiger charge is -2.24. The Kier molecular flexibility index (Phi) is 9.06. The zero-order valence-corrected chi connectivity index (χ0v) is 33.3. The average Bonchev–Trinajstić information content (AvgIpc) is 3.84. The topological polar surface area (TPSA) is 129 Å². The van der Waals surface area contributed by atoms with E-state index in [2.05, 4.69) is 30.3 Å². The van der Waals surface area contributed by atoms with Crippen molar-refractivity contribution in [1.82, 2.24) is 9.13 Å². The maximum absolute atomic E-state index is 16.6. The summed E-state index contributed by atoms with van der Waals surface area (Å²) >= 11 is 0. The molecule has 0 aliphatic carbocycles. The number of rotatable bonds is 5. The fourth-order valence-corrected chi connectivity index (χ4v) is 8.97. The average molecular weight is 830 g/mol. The van der Waals surface area contributed by atoms with E-state index in [0.29, 0.717) is 88.1 Å². The molecule has 64 heavy (non-hydrogen) atoms. The Morgan fingerprint density at radius 2 is 0.844 bits per heavy atom. The van der Waals surface area contributed by atoms with Gasteiger partial charge in [-0.05, 0) is 107 Å². The lowest BCUT2D eigenvalue weighted by Crippen LogP contribution is -2.16. The maximum Gasteiger partial charge on any atom is 0.420 e. The lowest BCUT2D eigenvalue weighted by molar-refractivity contribution is -0.137. The Labute approximate surface area is 363 Å². The Balaban J connectivity index is 1.31. The van der Waals surface area contributed by atoms with Gasteiger partial charge < -0.3 is 9.13 Å². The molecule has 2 heterocycles. The highest BCUT2D eigenvalue weighted by Crippen LogP contribution is 2.48. The largest absolute Gasteiger partial charge is 0.420 e. The molecule has 10 heteroatoms. The van der Waals surface area contributed by atoms with Gasteiger partial charge in [-0.1, -0.05) is 78.9 Å². The lowest BCUT2D eigenvalue weighted by atomic mass is 9.95. The van der Waals surface area contributed by atoms with Crippen molar-refractivity contribution >= 4 is 43.6 Å². The number of fused-ring (bicyclic) bond motifs is 6. The first-order valence-corrected chi connectivity index (χ1v) is 19.9. The molecule has 7 nitrogen and oxygen atoms in total. The van der Waals surface area contributed by atoms with Gasteiger partial charge >= 0.3 is 6.18 Å². The van der Waals surface area contributed by atoms with Gasteiger partial charge in [0, 0.05) is 27.1 Å². The predicted octanol–water partition coefficient (Wildman–Crippen LogP) is 13.3. The molecule has 0 amide bonds. The van der Waals surface area contributed by atoms with E-state index in [-0.39, 0.29) is 28.1 Å². The molecule has 2 aromatic heterocycles. The number of halogens is 3. The summed E-state index contributed by atoms with van der Waals surface area (Å²) in [6, 6.07) is 55.2. The van der Waals surface area contributed by atoms with E-state index in [0.717, 1.165) is 0 Å². The van der Waals surface area contributed by atoms with E-state index in [9.17, 15) is 26.3 Å². The van der Waals surface area contributed by atoms with E-state index < -0.39 is 11.7 Å². The number of nitriles is 5. The summed E-state index contributed by atoms with van der Waals surface area (Å²) in [5.41, 5.74) is 5.44. The second kappa shape index (κ2) is 14.9. The molecule has 10 aromatic rings. The van der Waals surface area contributed by atoms with E-state index in [1.165, 1.54) is 18.2 Å². The highest BCUT2D eigenvalue weighted by Gasteiger charge is 2.40. The van der Waals surface area contributed by atoms with Crippen molar-refractivity contribution in [3.63, 3.8) is 0 Å². The molecule has 0 saturated carbocycles.